The number of unbranched alkanes of at least 4 members (excludes halogenated alkanes) is 1. The zero-order valence-corrected chi connectivity index (χ0v) is 14.2. The lowest BCUT2D eigenvalue weighted by molar-refractivity contribution is 0.0953. The first-order chi connectivity index (χ1) is 10.2. The van der Waals surface area contributed by atoms with Gasteiger partial charge in [0.25, 0.3) is 5.91 Å². The van der Waals surface area contributed by atoms with Crippen LogP contribution >= 0.6 is 11.8 Å². The van der Waals surface area contributed by atoms with Crippen molar-refractivity contribution in [3.05, 3.63) is 23.4 Å². The second kappa shape index (κ2) is 10.5. The number of aromatic nitrogens is 1. The van der Waals surface area contributed by atoms with E-state index in [1.807, 2.05) is 23.9 Å². The summed E-state index contributed by atoms with van der Waals surface area (Å²) < 4.78 is 0. The molecule has 2 N–H and O–H groups in total. The summed E-state index contributed by atoms with van der Waals surface area (Å²) in [4.78, 5) is 16.7. The molecule has 0 aliphatic carbocycles. The molecule has 0 fully saturated rings. The highest BCUT2D eigenvalue weighted by molar-refractivity contribution is 7.98. The maximum atomic E-state index is 12.2. The number of carbonyl (C=O) groups excluding carboxylic acids is 1. The molecule has 4 nitrogen and oxygen atoms in total. The van der Waals surface area contributed by atoms with E-state index in [-0.39, 0.29) is 5.91 Å². The van der Waals surface area contributed by atoms with E-state index in [9.17, 15) is 4.79 Å². The predicted molar refractivity (Wildman–Crippen MR) is 92.3 cm³/mol. The minimum Gasteiger partial charge on any atom is -0.370 e. The molecule has 0 radical (unpaired) electrons. The zero-order chi connectivity index (χ0) is 15.5. The van der Waals surface area contributed by atoms with E-state index in [1.54, 1.807) is 0 Å². The van der Waals surface area contributed by atoms with E-state index in [0.717, 1.165) is 56.0 Å². The molecule has 0 aliphatic rings. The fraction of sp³-hybridized carbons (Fsp3) is 0.625. The molecule has 0 unspecified atom stereocenters. The van der Waals surface area contributed by atoms with Gasteiger partial charge in [-0.05, 0) is 49.8 Å². The Balaban J connectivity index is 2.60. The predicted octanol–water partition coefficient (Wildman–Crippen LogP) is 3.34. The van der Waals surface area contributed by atoms with E-state index >= 15 is 0 Å². The topological polar surface area (TPSA) is 54.0 Å². The minimum absolute atomic E-state index is 0.00389. The summed E-state index contributed by atoms with van der Waals surface area (Å²) in [6.07, 6.45) is 6.14. The summed E-state index contributed by atoms with van der Waals surface area (Å²) in [5.74, 6) is 1.94. The molecule has 1 aromatic rings. The van der Waals surface area contributed by atoms with E-state index in [0.29, 0.717) is 5.56 Å². The summed E-state index contributed by atoms with van der Waals surface area (Å²) >= 11 is 1.84. The number of anilines is 1. The van der Waals surface area contributed by atoms with Gasteiger partial charge in [-0.15, -0.1) is 0 Å². The quantitative estimate of drug-likeness (QED) is 0.651. The Bertz CT molecular complexity index is 438. The van der Waals surface area contributed by atoms with Gasteiger partial charge in [-0.1, -0.05) is 13.8 Å². The van der Waals surface area contributed by atoms with Gasteiger partial charge in [-0.25, -0.2) is 4.98 Å². The molecule has 0 aromatic carbocycles. The van der Waals surface area contributed by atoms with Crippen LogP contribution in [0.5, 0.6) is 0 Å². The van der Waals surface area contributed by atoms with Crippen molar-refractivity contribution in [3.63, 3.8) is 0 Å². The SMILES string of the molecule is CCCNc1cc(C(=O)NCCCCSC)cc(CC)n1. The maximum Gasteiger partial charge on any atom is 0.251 e. The Morgan fingerprint density at radius 3 is 2.71 bits per heavy atom. The van der Waals surface area contributed by atoms with Crippen LogP contribution in [0.1, 0.15) is 49.2 Å². The van der Waals surface area contributed by atoms with E-state index in [1.165, 1.54) is 0 Å². The molecule has 0 saturated carbocycles. The Morgan fingerprint density at radius 1 is 1.24 bits per heavy atom. The normalized spacial score (nSPS) is 10.4. The van der Waals surface area contributed by atoms with Crippen LogP contribution in [0.2, 0.25) is 0 Å². The van der Waals surface area contributed by atoms with Crippen LogP contribution in [0.4, 0.5) is 5.82 Å². The fourth-order valence-electron chi connectivity index (χ4n) is 1.92. The van der Waals surface area contributed by atoms with Crippen molar-refractivity contribution >= 4 is 23.5 Å². The average molecular weight is 309 g/mol. The van der Waals surface area contributed by atoms with Gasteiger partial charge >= 0.3 is 0 Å². The van der Waals surface area contributed by atoms with Gasteiger partial charge in [-0.2, -0.15) is 11.8 Å². The molecular formula is C16H27N3OS. The molecule has 21 heavy (non-hydrogen) atoms. The van der Waals surface area contributed by atoms with Gasteiger partial charge in [0.15, 0.2) is 0 Å². The molecule has 1 aromatic heterocycles. The summed E-state index contributed by atoms with van der Waals surface area (Å²) in [7, 11) is 0. The summed E-state index contributed by atoms with van der Waals surface area (Å²) in [5.41, 5.74) is 1.65. The third kappa shape index (κ3) is 6.85. The lowest BCUT2D eigenvalue weighted by Crippen LogP contribution is -2.25. The van der Waals surface area contributed by atoms with Crippen LogP contribution in [-0.4, -0.2) is 36.0 Å². The van der Waals surface area contributed by atoms with Crippen LogP contribution in [-0.2, 0) is 6.42 Å². The van der Waals surface area contributed by atoms with Gasteiger partial charge < -0.3 is 10.6 Å². The first kappa shape index (κ1) is 17.8. The third-order valence-corrected chi connectivity index (χ3v) is 3.82. The van der Waals surface area contributed by atoms with Crippen LogP contribution in [0.3, 0.4) is 0 Å². The first-order valence-corrected chi connectivity index (χ1v) is 9.12. The number of thioether (sulfide) groups is 1. The maximum absolute atomic E-state index is 12.2. The second-order valence-corrected chi connectivity index (χ2v) is 5.95. The molecule has 0 atom stereocenters. The first-order valence-electron chi connectivity index (χ1n) is 7.73. The van der Waals surface area contributed by atoms with Crippen LogP contribution < -0.4 is 10.6 Å². The van der Waals surface area contributed by atoms with Crippen molar-refractivity contribution in [2.75, 3.05) is 30.4 Å². The highest BCUT2D eigenvalue weighted by Crippen LogP contribution is 2.11. The summed E-state index contributed by atoms with van der Waals surface area (Å²) in [6.45, 7) is 5.77. The highest BCUT2D eigenvalue weighted by atomic mass is 32.2. The van der Waals surface area contributed by atoms with E-state index in [4.69, 9.17) is 0 Å². The number of pyridine rings is 1. The number of rotatable bonds is 10. The number of amides is 1. The van der Waals surface area contributed by atoms with Crippen molar-refractivity contribution in [1.29, 1.82) is 0 Å². The van der Waals surface area contributed by atoms with Crippen LogP contribution in [0.15, 0.2) is 12.1 Å². The lowest BCUT2D eigenvalue weighted by Gasteiger charge is -2.10. The van der Waals surface area contributed by atoms with E-state index in [2.05, 4.69) is 35.7 Å². The minimum atomic E-state index is -0.00389. The third-order valence-electron chi connectivity index (χ3n) is 3.12. The Labute approximate surface area is 132 Å². The number of carbonyl (C=O) groups is 1. The van der Waals surface area contributed by atoms with Crippen molar-refractivity contribution < 1.29 is 4.79 Å². The summed E-state index contributed by atoms with van der Waals surface area (Å²) in [5, 5.41) is 6.24. The number of aryl methyl sites for hydroxylation is 1. The summed E-state index contributed by atoms with van der Waals surface area (Å²) in [6, 6.07) is 3.72. The van der Waals surface area contributed by atoms with Gasteiger partial charge in [0.2, 0.25) is 0 Å². The molecule has 5 heteroatoms. The standard InChI is InChI=1S/C16H27N3OS/c1-4-8-17-15-12-13(11-14(5-2)19-15)16(20)18-9-6-7-10-21-3/h11-12H,4-10H2,1-3H3,(H,17,19)(H,18,20). The van der Waals surface area contributed by atoms with Gasteiger partial charge in [-0.3, -0.25) is 4.79 Å². The Morgan fingerprint density at radius 2 is 2.05 bits per heavy atom. The highest BCUT2D eigenvalue weighted by Gasteiger charge is 2.09. The van der Waals surface area contributed by atoms with Crippen molar-refractivity contribution in [3.8, 4) is 0 Å². The molecular weight excluding hydrogens is 282 g/mol. The van der Waals surface area contributed by atoms with Gasteiger partial charge in [0.1, 0.15) is 5.82 Å². The number of nitrogens with zero attached hydrogens (tertiary/aromatic N) is 1. The van der Waals surface area contributed by atoms with Gasteiger partial charge in [0.05, 0.1) is 0 Å². The smallest absolute Gasteiger partial charge is 0.251 e. The molecule has 1 rings (SSSR count). The Hall–Kier alpha value is -1.23. The largest absolute Gasteiger partial charge is 0.370 e. The van der Waals surface area contributed by atoms with Crippen LogP contribution in [0.25, 0.3) is 0 Å². The molecule has 0 saturated heterocycles. The van der Waals surface area contributed by atoms with Gasteiger partial charge in [0, 0.05) is 24.3 Å². The fourth-order valence-corrected chi connectivity index (χ4v) is 2.41. The number of hydrogen-bond donors (Lipinski definition) is 2. The van der Waals surface area contributed by atoms with Crippen molar-refractivity contribution in [2.45, 2.75) is 39.5 Å². The van der Waals surface area contributed by atoms with Crippen molar-refractivity contribution in [2.24, 2.45) is 0 Å². The molecule has 1 heterocycles. The second-order valence-electron chi connectivity index (χ2n) is 4.97. The number of hydrogen-bond acceptors (Lipinski definition) is 4. The monoisotopic (exact) mass is 309 g/mol. The van der Waals surface area contributed by atoms with Crippen molar-refractivity contribution in [1.82, 2.24) is 10.3 Å². The molecule has 0 bridgehead atoms. The number of nitrogens with one attached hydrogen (secondary N) is 2. The average Bonchev–Trinajstić information content (AvgIpc) is 2.52. The Kier molecular flexibility index (Phi) is 8.90. The molecule has 0 spiro atoms. The molecule has 1 amide bonds. The van der Waals surface area contributed by atoms with E-state index < -0.39 is 0 Å². The van der Waals surface area contributed by atoms with Crippen LogP contribution in [0, 0.1) is 0 Å². The zero-order valence-electron chi connectivity index (χ0n) is 13.4. The molecule has 0 aliphatic heterocycles. The molecule has 118 valence electrons. The lowest BCUT2D eigenvalue weighted by atomic mass is 10.1.